The SMILES string of the molecule is Nc1cc(Br)cc(C(=O)c2ccc3ncccc3c2)c1. The molecule has 0 saturated heterocycles. The molecule has 2 N–H and O–H groups in total. The van der Waals surface area contributed by atoms with E-state index in [-0.39, 0.29) is 5.78 Å². The number of halogens is 1. The van der Waals surface area contributed by atoms with E-state index in [1.165, 1.54) is 0 Å². The molecule has 0 unspecified atom stereocenters. The standard InChI is InChI=1S/C16H11BrN2O/c17-13-7-12(8-14(18)9-13)16(20)11-3-4-15-10(6-11)2-1-5-19-15/h1-9H,18H2. The molecular formula is C16H11BrN2O. The molecule has 0 aliphatic rings. The number of ketones is 1. The van der Waals surface area contributed by atoms with Crippen LogP contribution in [0.2, 0.25) is 0 Å². The second kappa shape index (κ2) is 5.06. The highest BCUT2D eigenvalue weighted by molar-refractivity contribution is 9.10. The van der Waals surface area contributed by atoms with Gasteiger partial charge in [-0.25, -0.2) is 0 Å². The fourth-order valence-corrected chi connectivity index (χ4v) is 2.64. The molecule has 0 atom stereocenters. The van der Waals surface area contributed by atoms with Crippen LogP contribution in [-0.2, 0) is 0 Å². The van der Waals surface area contributed by atoms with Gasteiger partial charge in [0.05, 0.1) is 5.52 Å². The van der Waals surface area contributed by atoms with Crippen molar-refractivity contribution in [3.63, 3.8) is 0 Å². The number of nitrogens with two attached hydrogens (primary N) is 1. The summed E-state index contributed by atoms with van der Waals surface area (Å²) in [6, 6.07) is 14.5. The second-order valence-corrected chi connectivity index (χ2v) is 5.43. The lowest BCUT2D eigenvalue weighted by molar-refractivity contribution is 0.103. The zero-order chi connectivity index (χ0) is 14.1. The number of carbonyl (C=O) groups excluding carboxylic acids is 1. The van der Waals surface area contributed by atoms with E-state index in [1.54, 1.807) is 30.5 Å². The van der Waals surface area contributed by atoms with Crippen LogP contribution in [0, 0.1) is 0 Å². The number of aromatic nitrogens is 1. The molecule has 1 aromatic heterocycles. The maximum atomic E-state index is 12.5. The molecule has 0 bridgehead atoms. The first-order valence-electron chi connectivity index (χ1n) is 6.09. The Morgan fingerprint density at radius 2 is 1.90 bits per heavy atom. The summed E-state index contributed by atoms with van der Waals surface area (Å²) in [5, 5.41) is 0.946. The summed E-state index contributed by atoms with van der Waals surface area (Å²) < 4.78 is 0.795. The average Bonchev–Trinajstić information content (AvgIpc) is 2.45. The first-order valence-corrected chi connectivity index (χ1v) is 6.88. The first-order chi connectivity index (χ1) is 9.63. The molecule has 4 heteroatoms. The predicted octanol–water partition coefficient (Wildman–Crippen LogP) is 3.81. The van der Waals surface area contributed by atoms with Crippen LogP contribution in [0.5, 0.6) is 0 Å². The van der Waals surface area contributed by atoms with Crippen molar-refractivity contribution < 1.29 is 4.79 Å². The normalized spacial score (nSPS) is 10.7. The lowest BCUT2D eigenvalue weighted by atomic mass is 10.0. The van der Waals surface area contributed by atoms with Crippen molar-refractivity contribution in [2.24, 2.45) is 0 Å². The molecule has 0 radical (unpaired) electrons. The van der Waals surface area contributed by atoms with Crippen LogP contribution < -0.4 is 5.73 Å². The molecule has 1 heterocycles. The van der Waals surface area contributed by atoms with Crippen molar-refractivity contribution in [3.8, 4) is 0 Å². The Hall–Kier alpha value is -2.20. The third-order valence-electron chi connectivity index (χ3n) is 3.05. The van der Waals surface area contributed by atoms with Gasteiger partial charge >= 0.3 is 0 Å². The summed E-state index contributed by atoms with van der Waals surface area (Å²) >= 11 is 3.35. The summed E-state index contributed by atoms with van der Waals surface area (Å²) in [6.07, 6.45) is 1.73. The highest BCUT2D eigenvalue weighted by Crippen LogP contribution is 2.21. The minimum atomic E-state index is -0.0521. The summed E-state index contributed by atoms with van der Waals surface area (Å²) in [5.74, 6) is -0.0521. The fourth-order valence-electron chi connectivity index (χ4n) is 2.13. The van der Waals surface area contributed by atoms with Gasteiger partial charge in [0.1, 0.15) is 0 Å². The number of fused-ring (bicyclic) bond motifs is 1. The Morgan fingerprint density at radius 3 is 2.70 bits per heavy atom. The van der Waals surface area contributed by atoms with Crippen LogP contribution in [-0.4, -0.2) is 10.8 Å². The third-order valence-corrected chi connectivity index (χ3v) is 3.51. The summed E-state index contributed by atoms with van der Waals surface area (Å²) in [7, 11) is 0. The number of rotatable bonds is 2. The van der Waals surface area contributed by atoms with E-state index in [0.717, 1.165) is 15.4 Å². The highest BCUT2D eigenvalue weighted by Gasteiger charge is 2.11. The third kappa shape index (κ3) is 2.42. The Bertz CT molecular complexity index is 794. The molecule has 0 aliphatic carbocycles. The highest BCUT2D eigenvalue weighted by atomic mass is 79.9. The van der Waals surface area contributed by atoms with E-state index in [1.807, 2.05) is 24.3 Å². The fraction of sp³-hybridized carbons (Fsp3) is 0. The number of carbonyl (C=O) groups is 1. The number of hydrogen-bond acceptors (Lipinski definition) is 3. The van der Waals surface area contributed by atoms with Crippen LogP contribution >= 0.6 is 15.9 Å². The van der Waals surface area contributed by atoms with Gasteiger partial charge in [-0.15, -0.1) is 0 Å². The topological polar surface area (TPSA) is 56.0 Å². The van der Waals surface area contributed by atoms with Crippen LogP contribution in [0.3, 0.4) is 0 Å². The van der Waals surface area contributed by atoms with Crippen molar-refractivity contribution in [2.75, 3.05) is 5.73 Å². The van der Waals surface area contributed by atoms with Crippen molar-refractivity contribution >= 4 is 38.3 Å². The van der Waals surface area contributed by atoms with E-state index >= 15 is 0 Å². The van der Waals surface area contributed by atoms with Gasteiger partial charge < -0.3 is 5.73 Å². The summed E-state index contributed by atoms with van der Waals surface area (Å²) in [5.41, 5.74) is 8.40. The van der Waals surface area contributed by atoms with E-state index < -0.39 is 0 Å². The zero-order valence-electron chi connectivity index (χ0n) is 10.5. The maximum Gasteiger partial charge on any atom is 0.193 e. The van der Waals surface area contributed by atoms with Gasteiger partial charge in [0.2, 0.25) is 0 Å². The predicted molar refractivity (Wildman–Crippen MR) is 83.7 cm³/mol. The Balaban J connectivity index is 2.07. The largest absolute Gasteiger partial charge is 0.399 e. The van der Waals surface area contributed by atoms with Crippen molar-refractivity contribution in [2.45, 2.75) is 0 Å². The molecule has 98 valence electrons. The van der Waals surface area contributed by atoms with Crippen LogP contribution in [0.25, 0.3) is 10.9 Å². The molecule has 3 rings (SSSR count). The zero-order valence-corrected chi connectivity index (χ0v) is 12.1. The second-order valence-electron chi connectivity index (χ2n) is 4.51. The number of pyridine rings is 1. The molecule has 0 aliphatic heterocycles. The van der Waals surface area contributed by atoms with Crippen molar-refractivity contribution in [1.29, 1.82) is 0 Å². The molecule has 3 aromatic rings. The molecule has 3 nitrogen and oxygen atoms in total. The number of hydrogen-bond donors (Lipinski definition) is 1. The Labute approximate surface area is 124 Å². The van der Waals surface area contributed by atoms with Gasteiger partial charge in [0.15, 0.2) is 5.78 Å². The van der Waals surface area contributed by atoms with E-state index in [4.69, 9.17) is 5.73 Å². The molecule has 0 amide bonds. The molecular weight excluding hydrogens is 316 g/mol. The van der Waals surface area contributed by atoms with Crippen LogP contribution in [0.15, 0.2) is 59.2 Å². The van der Waals surface area contributed by atoms with Gasteiger partial charge in [-0.05, 0) is 42.5 Å². The van der Waals surface area contributed by atoms with E-state index in [9.17, 15) is 4.79 Å². The van der Waals surface area contributed by atoms with E-state index in [0.29, 0.717) is 16.8 Å². The Kier molecular flexibility index (Phi) is 3.24. The van der Waals surface area contributed by atoms with Crippen LogP contribution in [0.1, 0.15) is 15.9 Å². The minimum Gasteiger partial charge on any atom is -0.399 e. The van der Waals surface area contributed by atoms with Gasteiger partial charge in [-0.1, -0.05) is 22.0 Å². The van der Waals surface area contributed by atoms with Gasteiger partial charge in [0, 0.05) is 32.9 Å². The van der Waals surface area contributed by atoms with Crippen molar-refractivity contribution in [3.05, 3.63) is 70.3 Å². The van der Waals surface area contributed by atoms with Crippen molar-refractivity contribution in [1.82, 2.24) is 4.98 Å². The van der Waals surface area contributed by atoms with E-state index in [2.05, 4.69) is 20.9 Å². The number of nitrogen functional groups attached to an aromatic ring is 1. The van der Waals surface area contributed by atoms with Gasteiger partial charge in [0.25, 0.3) is 0 Å². The summed E-state index contributed by atoms with van der Waals surface area (Å²) in [6.45, 7) is 0. The molecule has 20 heavy (non-hydrogen) atoms. The summed E-state index contributed by atoms with van der Waals surface area (Å²) in [4.78, 5) is 16.7. The average molecular weight is 327 g/mol. The molecule has 0 spiro atoms. The molecule has 0 saturated carbocycles. The minimum absolute atomic E-state index is 0.0521. The first kappa shape index (κ1) is 12.8. The number of nitrogens with zero attached hydrogens (tertiary/aromatic N) is 1. The number of anilines is 1. The molecule has 2 aromatic carbocycles. The van der Waals surface area contributed by atoms with Gasteiger partial charge in [-0.2, -0.15) is 0 Å². The van der Waals surface area contributed by atoms with Gasteiger partial charge in [-0.3, -0.25) is 9.78 Å². The van der Waals surface area contributed by atoms with Crippen LogP contribution in [0.4, 0.5) is 5.69 Å². The monoisotopic (exact) mass is 326 g/mol. The lowest BCUT2D eigenvalue weighted by Crippen LogP contribution is -2.02. The smallest absolute Gasteiger partial charge is 0.193 e. The lowest BCUT2D eigenvalue weighted by Gasteiger charge is -2.05. The molecule has 0 fully saturated rings. The maximum absolute atomic E-state index is 12.5. The number of benzene rings is 2. The Morgan fingerprint density at radius 1 is 1.05 bits per heavy atom. The quantitative estimate of drug-likeness (QED) is 0.575.